The predicted octanol–water partition coefficient (Wildman–Crippen LogP) is 3.51. The third-order valence-electron chi connectivity index (χ3n) is 5.95. The molecule has 1 unspecified atom stereocenters. The van der Waals surface area contributed by atoms with Gasteiger partial charge in [0.2, 0.25) is 0 Å². The van der Waals surface area contributed by atoms with Crippen molar-refractivity contribution in [3.05, 3.63) is 65.6 Å². The van der Waals surface area contributed by atoms with Crippen LogP contribution in [0.2, 0.25) is 0 Å². The molecule has 2 aromatic rings. The van der Waals surface area contributed by atoms with Crippen molar-refractivity contribution in [1.82, 2.24) is 10.6 Å². The summed E-state index contributed by atoms with van der Waals surface area (Å²) in [5.74, 6) is -0.403. The number of carbonyl (C=O) groups excluding carboxylic acids is 2. The third kappa shape index (κ3) is 4.75. The van der Waals surface area contributed by atoms with Crippen molar-refractivity contribution in [2.45, 2.75) is 44.6 Å². The first-order valence-electron chi connectivity index (χ1n) is 10.8. The average molecular weight is 408 g/mol. The number of furan rings is 1. The summed E-state index contributed by atoms with van der Waals surface area (Å²) < 4.78 is 5.65. The molecule has 1 aromatic carbocycles. The van der Waals surface area contributed by atoms with Crippen LogP contribution in [0.15, 0.2) is 58.7 Å². The fourth-order valence-corrected chi connectivity index (χ4v) is 4.35. The lowest BCUT2D eigenvalue weighted by Gasteiger charge is -2.29. The monoisotopic (exact) mass is 407 g/mol. The van der Waals surface area contributed by atoms with Gasteiger partial charge in [-0.05, 0) is 62.3 Å². The summed E-state index contributed by atoms with van der Waals surface area (Å²) in [6, 6.07) is 11.9. The highest BCUT2D eigenvalue weighted by Gasteiger charge is 2.29. The fourth-order valence-electron chi connectivity index (χ4n) is 4.35. The molecule has 0 spiro atoms. The van der Waals surface area contributed by atoms with Crippen LogP contribution in [0.3, 0.4) is 0 Å². The van der Waals surface area contributed by atoms with Gasteiger partial charge in [0, 0.05) is 25.3 Å². The van der Waals surface area contributed by atoms with Gasteiger partial charge in [-0.15, -0.1) is 0 Å². The van der Waals surface area contributed by atoms with Crippen LogP contribution >= 0.6 is 0 Å². The molecule has 1 aliphatic carbocycles. The summed E-state index contributed by atoms with van der Waals surface area (Å²) in [6.07, 6.45) is 10.4. The van der Waals surface area contributed by atoms with E-state index in [1.807, 2.05) is 24.3 Å². The van der Waals surface area contributed by atoms with Crippen molar-refractivity contribution in [2.24, 2.45) is 0 Å². The average Bonchev–Trinajstić information content (AvgIpc) is 3.45. The van der Waals surface area contributed by atoms with Crippen LogP contribution in [0.25, 0.3) is 0 Å². The van der Waals surface area contributed by atoms with Crippen LogP contribution in [-0.2, 0) is 16.0 Å². The SMILES string of the molecule is O=C(NCCC1=CCCCC1)C(=O)NCC(c1ccco1)N1CCc2ccccc21. The Labute approximate surface area is 177 Å². The molecule has 1 aliphatic heterocycles. The molecule has 6 heteroatoms. The van der Waals surface area contributed by atoms with E-state index in [9.17, 15) is 9.59 Å². The minimum absolute atomic E-state index is 0.159. The first-order chi connectivity index (χ1) is 14.7. The lowest BCUT2D eigenvalue weighted by molar-refractivity contribution is -0.139. The molecule has 2 heterocycles. The first-order valence-corrected chi connectivity index (χ1v) is 10.8. The normalized spacial score (nSPS) is 16.5. The van der Waals surface area contributed by atoms with Gasteiger partial charge in [-0.2, -0.15) is 0 Å². The summed E-state index contributed by atoms with van der Waals surface area (Å²) in [5, 5.41) is 5.54. The molecule has 1 aromatic heterocycles. The Bertz CT molecular complexity index is 904. The van der Waals surface area contributed by atoms with Crippen LogP contribution in [0.5, 0.6) is 0 Å². The van der Waals surface area contributed by atoms with Crippen molar-refractivity contribution in [3.8, 4) is 0 Å². The van der Waals surface area contributed by atoms with E-state index in [4.69, 9.17) is 4.42 Å². The van der Waals surface area contributed by atoms with E-state index in [0.29, 0.717) is 13.1 Å². The molecule has 0 fully saturated rings. The largest absolute Gasteiger partial charge is 0.467 e. The molecule has 4 rings (SSSR count). The van der Waals surface area contributed by atoms with Gasteiger partial charge >= 0.3 is 11.8 Å². The molecule has 0 saturated carbocycles. The number of hydrogen-bond acceptors (Lipinski definition) is 4. The molecule has 6 nitrogen and oxygen atoms in total. The third-order valence-corrected chi connectivity index (χ3v) is 5.95. The number of anilines is 1. The summed E-state index contributed by atoms with van der Waals surface area (Å²) in [5.41, 5.74) is 3.82. The van der Waals surface area contributed by atoms with Gasteiger partial charge in [-0.3, -0.25) is 9.59 Å². The highest BCUT2D eigenvalue weighted by Crippen LogP contribution is 2.34. The minimum atomic E-state index is -0.600. The molecule has 30 heavy (non-hydrogen) atoms. The van der Waals surface area contributed by atoms with E-state index in [0.717, 1.165) is 43.7 Å². The maximum absolute atomic E-state index is 12.4. The number of allylic oxidation sites excluding steroid dienone is 1. The number of hydrogen-bond donors (Lipinski definition) is 2. The number of carbonyl (C=O) groups is 2. The van der Waals surface area contributed by atoms with Gasteiger partial charge < -0.3 is 20.0 Å². The molecular weight excluding hydrogens is 378 g/mol. The van der Waals surface area contributed by atoms with E-state index < -0.39 is 11.8 Å². The first kappa shape index (κ1) is 20.3. The predicted molar refractivity (Wildman–Crippen MR) is 116 cm³/mol. The summed E-state index contributed by atoms with van der Waals surface area (Å²) in [4.78, 5) is 26.8. The van der Waals surface area contributed by atoms with E-state index in [-0.39, 0.29) is 6.04 Å². The Balaban J connectivity index is 1.33. The molecule has 2 N–H and O–H groups in total. The van der Waals surface area contributed by atoms with E-state index in [1.165, 1.54) is 24.0 Å². The maximum atomic E-state index is 12.4. The highest BCUT2D eigenvalue weighted by atomic mass is 16.3. The Morgan fingerprint density at radius 1 is 1.03 bits per heavy atom. The summed E-state index contributed by atoms with van der Waals surface area (Å²) >= 11 is 0. The van der Waals surface area contributed by atoms with Crippen molar-refractivity contribution in [3.63, 3.8) is 0 Å². The molecule has 2 aliphatic rings. The lowest BCUT2D eigenvalue weighted by Crippen LogP contribution is -2.44. The molecule has 0 radical (unpaired) electrons. The van der Waals surface area contributed by atoms with Crippen molar-refractivity contribution in [1.29, 1.82) is 0 Å². The Morgan fingerprint density at radius 3 is 2.70 bits per heavy atom. The van der Waals surface area contributed by atoms with Gasteiger partial charge in [0.1, 0.15) is 11.8 Å². The number of fused-ring (bicyclic) bond motifs is 1. The number of amides is 2. The molecule has 2 amide bonds. The molecule has 0 bridgehead atoms. The number of nitrogens with one attached hydrogen (secondary N) is 2. The zero-order valence-electron chi connectivity index (χ0n) is 17.2. The molecule has 0 saturated heterocycles. The van der Waals surface area contributed by atoms with E-state index in [2.05, 4.69) is 33.7 Å². The van der Waals surface area contributed by atoms with Gasteiger partial charge in [-0.25, -0.2) is 0 Å². The van der Waals surface area contributed by atoms with Gasteiger partial charge in [-0.1, -0.05) is 29.8 Å². The standard InChI is InChI=1S/C24H29N3O3/c28-23(25-14-12-18-7-2-1-3-8-18)24(29)26-17-21(22-11-6-16-30-22)27-15-13-19-9-4-5-10-20(19)27/h4-7,9-11,16,21H,1-3,8,12-15,17H2,(H,25,28)(H,26,29). The lowest BCUT2D eigenvalue weighted by atomic mass is 9.97. The topological polar surface area (TPSA) is 74.6 Å². The van der Waals surface area contributed by atoms with Crippen molar-refractivity contribution >= 4 is 17.5 Å². The summed E-state index contributed by atoms with van der Waals surface area (Å²) in [7, 11) is 0. The number of nitrogens with zero attached hydrogens (tertiary/aromatic N) is 1. The number of para-hydroxylation sites is 1. The van der Waals surface area contributed by atoms with Crippen LogP contribution in [-0.4, -0.2) is 31.4 Å². The second-order valence-corrected chi connectivity index (χ2v) is 7.93. The fraction of sp³-hybridized carbons (Fsp3) is 0.417. The Kier molecular flexibility index (Phi) is 6.52. The van der Waals surface area contributed by atoms with E-state index >= 15 is 0 Å². The van der Waals surface area contributed by atoms with E-state index in [1.54, 1.807) is 6.26 Å². The number of rotatable bonds is 7. The molecule has 1 atom stereocenters. The Morgan fingerprint density at radius 2 is 1.90 bits per heavy atom. The second kappa shape index (κ2) is 9.65. The smallest absolute Gasteiger partial charge is 0.309 e. The Hall–Kier alpha value is -3.02. The summed E-state index contributed by atoms with van der Waals surface area (Å²) in [6.45, 7) is 1.65. The van der Waals surface area contributed by atoms with Gasteiger partial charge in [0.05, 0.1) is 6.26 Å². The highest BCUT2D eigenvalue weighted by molar-refractivity contribution is 6.35. The second-order valence-electron chi connectivity index (χ2n) is 7.93. The van der Waals surface area contributed by atoms with Crippen LogP contribution in [0, 0.1) is 0 Å². The molecule has 158 valence electrons. The van der Waals surface area contributed by atoms with Gasteiger partial charge in [0.25, 0.3) is 0 Å². The zero-order valence-corrected chi connectivity index (χ0v) is 17.2. The number of benzene rings is 1. The molecular formula is C24H29N3O3. The van der Waals surface area contributed by atoms with Crippen LogP contribution in [0.1, 0.15) is 49.5 Å². The van der Waals surface area contributed by atoms with Crippen LogP contribution < -0.4 is 15.5 Å². The minimum Gasteiger partial charge on any atom is -0.467 e. The van der Waals surface area contributed by atoms with Crippen molar-refractivity contribution < 1.29 is 14.0 Å². The van der Waals surface area contributed by atoms with Gasteiger partial charge in [0.15, 0.2) is 0 Å². The zero-order chi connectivity index (χ0) is 20.8. The van der Waals surface area contributed by atoms with Crippen LogP contribution in [0.4, 0.5) is 5.69 Å². The maximum Gasteiger partial charge on any atom is 0.309 e. The van der Waals surface area contributed by atoms with Crippen molar-refractivity contribution in [2.75, 3.05) is 24.5 Å². The quantitative estimate of drug-likeness (QED) is 0.544.